The average Bonchev–Trinajstić information content (AvgIpc) is 2.62. The van der Waals surface area contributed by atoms with Gasteiger partial charge in [0.1, 0.15) is 12.4 Å². The number of amides is 1. The fourth-order valence-corrected chi connectivity index (χ4v) is 2.07. The van der Waals surface area contributed by atoms with Crippen molar-refractivity contribution in [2.75, 3.05) is 19.4 Å². The molecular formula is C19H22N2O3. The molecule has 0 unspecified atom stereocenters. The summed E-state index contributed by atoms with van der Waals surface area (Å²) in [4.78, 5) is 11.6. The highest BCUT2D eigenvalue weighted by Gasteiger charge is 2.01. The first-order chi connectivity index (χ1) is 11.7. The van der Waals surface area contributed by atoms with Crippen LogP contribution in [0.4, 0.5) is 10.5 Å². The highest BCUT2D eigenvalue weighted by Crippen LogP contribution is 2.20. The third-order valence-corrected chi connectivity index (χ3v) is 3.38. The Kier molecular flexibility index (Phi) is 6.71. The van der Waals surface area contributed by atoms with E-state index >= 15 is 0 Å². The van der Waals surface area contributed by atoms with Crippen LogP contribution >= 0.6 is 0 Å². The van der Waals surface area contributed by atoms with Gasteiger partial charge >= 0.3 is 6.09 Å². The predicted octanol–water partition coefficient (Wildman–Crippen LogP) is 3.61. The summed E-state index contributed by atoms with van der Waals surface area (Å²) < 4.78 is 10.3. The van der Waals surface area contributed by atoms with Crippen LogP contribution in [0.15, 0.2) is 54.6 Å². The average molecular weight is 326 g/mol. The van der Waals surface area contributed by atoms with Crippen molar-refractivity contribution in [2.24, 2.45) is 0 Å². The van der Waals surface area contributed by atoms with E-state index in [4.69, 9.17) is 15.2 Å². The first-order valence-electron chi connectivity index (χ1n) is 7.73. The zero-order chi connectivity index (χ0) is 17.2. The monoisotopic (exact) mass is 326 g/mol. The second-order valence-corrected chi connectivity index (χ2v) is 5.17. The van der Waals surface area contributed by atoms with Gasteiger partial charge in [0.2, 0.25) is 0 Å². The molecule has 0 radical (unpaired) electrons. The fourth-order valence-electron chi connectivity index (χ4n) is 2.07. The molecule has 5 heteroatoms. The molecule has 0 aliphatic heterocycles. The quantitative estimate of drug-likeness (QED) is 0.602. The lowest BCUT2D eigenvalue weighted by atomic mass is 10.1. The number of carbonyl (C=O) groups is 1. The Morgan fingerprint density at radius 1 is 1.21 bits per heavy atom. The number of hydrogen-bond acceptors (Lipinski definition) is 4. The van der Waals surface area contributed by atoms with Gasteiger partial charge in [-0.15, -0.1) is 0 Å². The standard InChI is InChI=1S/C19H22N2O3/c1-23-17-10-11-18(20)16(13-17)9-5-6-12-21-19(22)24-14-15-7-3-2-4-8-15/h2-5,7-11,13H,6,12,14,20H2,1H3,(H,21,22). The summed E-state index contributed by atoms with van der Waals surface area (Å²) in [6, 6.07) is 15.0. The van der Waals surface area contributed by atoms with Crippen LogP contribution in [0.1, 0.15) is 17.5 Å². The molecule has 126 valence electrons. The van der Waals surface area contributed by atoms with Gasteiger partial charge in [0.05, 0.1) is 7.11 Å². The summed E-state index contributed by atoms with van der Waals surface area (Å²) in [6.07, 6.45) is 4.11. The lowest BCUT2D eigenvalue weighted by Gasteiger charge is -2.06. The SMILES string of the molecule is COc1ccc(N)c(C=CCCNC(=O)OCc2ccccc2)c1. The summed E-state index contributed by atoms with van der Waals surface area (Å²) in [5.41, 5.74) is 8.44. The van der Waals surface area contributed by atoms with Crippen LogP contribution in [0, 0.1) is 0 Å². The Morgan fingerprint density at radius 2 is 2.00 bits per heavy atom. The molecule has 0 saturated carbocycles. The second-order valence-electron chi connectivity index (χ2n) is 5.17. The number of benzene rings is 2. The maximum absolute atomic E-state index is 11.6. The number of rotatable bonds is 7. The Balaban J connectivity index is 1.69. The molecule has 0 aliphatic carbocycles. The molecule has 24 heavy (non-hydrogen) atoms. The molecular weight excluding hydrogens is 304 g/mol. The Bertz CT molecular complexity index is 684. The fraction of sp³-hybridized carbons (Fsp3) is 0.211. The molecule has 2 aromatic carbocycles. The molecule has 2 rings (SSSR count). The molecule has 0 fully saturated rings. The van der Waals surface area contributed by atoms with Crippen LogP contribution in [-0.4, -0.2) is 19.7 Å². The number of anilines is 1. The van der Waals surface area contributed by atoms with Gasteiger partial charge in [-0.25, -0.2) is 4.79 Å². The zero-order valence-corrected chi connectivity index (χ0v) is 13.7. The molecule has 5 nitrogen and oxygen atoms in total. The van der Waals surface area contributed by atoms with Crippen LogP contribution in [0.5, 0.6) is 5.75 Å². The number of carbonyl (C=O) groups excluding carboxylic acids is 1. The number of methoxy groups -OCH3 is 1. The van der Waals surface area contributed by atoms with Gasteiger partial charge in [-0.2, -0.15) is 0 Å². The number of hydrogen-bond donors (Lipinski definition) is 2. The van der Waals surface area contributed by atoms with Crippen LogP contribution in [-0.2, 0) is 11.3 Å². The van der Waals surface area contributed by atoms with E-state index in [2.05, 4.69) is 5.32 Å². The van der Waals surface area contributed by atoms with E-state index in [1.54, 1.807) is 13.2 Å². The van der Waals surface area contributed by atoms with E-state index in [1.165, 1.54) is 0 Å². The third-order valence-electron chi connectivity index (χ3n) is 3.38. The summed E-state index contributed by atoms with van der Waals surface area (Å²) in [6.45, 7) is 0.761. The van der Waals surface area contributed by atoms with E-state index in [-0.39, 0.29) is 6.61 Å². The van der Waals surface area contributed by atoms with Crippen LogP contribution in [0.3, 0.4) is 0 Å². The van der Waals surface area contributed by atoms with Gasteiger partial charge in [-0.1, -0.05) is 42.5 Å². The minimum atomic E-state index is -0.423. The van der Waals surface area contributed by atoms with Crippen molar-refractivity contribution in [1.82, 2.24) is 5.32 Å². The highest BCUT2D eigenvalue weighted by atomic mass is 16.5. The summed E-state index contributed by atoms with van der Waals surface area (Å²) in [7, 11) is 1.62. The zero-order valence-electron chi connectivity index (χ0n) is 13.7. The number of ether oxygens (including phenoxy) is 2. The van der Waals surface area contributed by atoms with Gasteiger partial charge in [-0.3, -0.25) is 0 Å². The van der Waals surface area contributed by atoms with E-state index < -0.39 is 6.09 Å². The predicted molar refractivity (Wildman–Crippen MR) is 95.7 cm³/mol. The topological polar surface area (TPSA) is 73.6 Å². The molecule has 1 amide bonds. The molecule has 0 aromatic heterocycles. The summed E-state index contributed by atoms with van der Waals surface area (Å²) in [5, 5.41) is 2.71. The van der Waals surface area contributed by atoms with Crippen molar-refractivity contribution in [3.05, 3.63) is 65.7 Å². The molecule has 0 spiro atoms. The number of nitrogen functional groups attached to an aromatic ring is 1. The molecule has 2 aromatic rings. The van der Waals surface area contributed by atoms with Crippen molar-refractivity contribution < 1.29 is 14.3 Å². The molecule has 0 aliphatic rings. The lowest BCUT2D eigenvalue weighted by Crippen LogP contribution is -2.24. The Hall–Kier alpha value is -2.95. The maximum atomic E-state index is 11.6. The maximum Gasteiger partial charge on any atom is 0.407 e. The molecule has 0 saturated heterocycles. The molecule has 3 N–H and O–H groups in total. The van der Waals surface area contributed by atoms with E-state index in [9.17, 15) is 4.79 Å². The Morgan fingerprint density at radius 3 is 2.75 bits per heavy atom. The van der Waals surface area contributed by atoms with Crippen molar-refractivity contribution in [3.8, 4) is 5.75 Å². The molecule has 0 heterocycles. The molecule has 0 bridgehead atoms. The van der Waals surface area contributed by atoms with Gasteiger partial charge in [0.25, 0.3) is 0 Å². The van der Waals surface area contributed by atoms with Gasteiger partial charge in [-0.05, 0) is 30.2 Å². The highest BCUT2D eigenvalue weighted by molar-refractivity contribution is 5.67. The van der Waals surface area contributed by atoms with Gasteiger partial charge in [0, 0.05) is 17.8 Å². The third kappa shape index (κ3) is 5.68. The minimum Gasteiger partial charge on any atom is -0.497 e. The van der Waals surface area contributed by atoms with E-state index in [1.807, 2.05) is 54.6 Å². The Labute approximate surface area is 142 Å². The smallest absolute Gasteiger partial charge is 0.407 e. The first kappa shape index (κ1) is 17.4. The van der Waals surface area contributed by atoms with Crippen molar-refractivity contribution in [3.63, 3.8) is 0 Å². The minimum absolute atomic E-state index is 0.267. The van der Waals surface area contributed by atoms with E-state index in [0.717, 1.165) is 16.9 Å². The lowest BCUT2D eigenvalue weighted by molar-refractivity contribution is 0.140. The number of alkyl carbamates (subject to hydrolysis) is 1. The summed E-state index contributed by atoms with van der Waals surface area (Å²) in [5.74, 6) is 0.756. The van der Waals surface area contributed by atoms with Crippen LogP contribution < -0.4 is 15.8 Å². The number of nitrogens with one attached hydrogen (secondary N) is 1. The van der Waals surface area contributed by atoms with Crippen LogP contribution in [0.25, 0.3) is 6.08 Å². The first-order valence-corrected chi connectivity index (χ1v) is 7.73. The van der Waals surface area contributed by atoms with Crippen LogP contribution in [0.2, 0.25) is 0 Å². The van der Waals surface area contributed by atoms with Crippen molar-refractivity contribution in [1.29, 1.82) is 0 Å². The summed E-state index contributed by atoms with van der Waals surface area (Å²) >= 11 is 0. The largest absolute Gasteiger partial charge is 0.497 e. The van der Waals surface area contributed by atoms with Gasteiger partial charge in [0.15, 0.2) is 0 Å². The second kappa shape index (κ2) is 9.25. The number of nitrogens with two attached hydrogens (primary N) is 1. The van der Waals surface area contributed by atoms with E-state index in [0.29, 0.717) is 18.7 Å². The molecule has 0 atom stereocenters. The van der Waals surface area contributed by atoms with Crippen molar-refractivity contribution in [2.45, 2.75) is 13.0 Å². The van der Waals surface area contributed by atoms with Crippen molar-refractivity contribution >= 4 is 17.9 Å². The normalized spacial score (nSPS) is 10.5. The van der Waals surface area contributed by atoms with Gasteiger partial charge < -0.3 is 20.5 Å².